The molecule has 2 aromatic carbocycles. The number of aromatic nitrogens is 8. The molecule has 6 atom stereocenters. The molecule has 2 aliphatic carbocycles. The van der Waals surface area contributed by atoms with E-state index in [1.54, 1.807) is 24.3 Å². The van der Waals surface area contributed by atoms with Crippen LogP contribution in [0.5, 0.6) is 0 Å². The highest BCUT2D eigenvalue weighted by atomic mass is 35.5. The van der Waals surface area contributed by atoms with Gasteiger partial charge in [0.2, 0.25) is 0 Å². The van der Waals surface area contributed by atoms with Crippen molar-refractivity contribution < 1.29 is 27.7 Å². The number of hydrogen-bond acceptors (Lipinski definition) is 13. The summed E-state index contributed by atoms with van der Waals surface area (Å²) in [5.41, 5.74) is 23.2. The van der Waals surface area contributed by atoms with E-state index in [4.69, 9.17) is 71.0 Å². The summed E-state index contributed by atoms with van der Waals surface area (Å²) in [4.78, 5) is 25.5. The predicted octanol–water partition coefficient (Wildman–Crippen LogP) is 10.2. The topological polar surface area (TPSA) is 202 Å². The fourth-order valence-electron chi connectivity index (χ4n) is 10.2. The van der Waals surface area contributed by atoms with Crippen LogP contribution in [0.2, 0.25) is 15.2 Å². The molecule has 15 nitrogen and oxygen atoms in total. The smallest absolute Gasteiger partial charge is 0.164 e. The Bertz CT molecular complexity index is 3350. The number of pyridine rings is 2. The second kappa shape index (κ2) is 17.4. The Balaban J connectivity index is 0.000000152. The number of nitrogen functional groups attached to an aromatic ring is 3. The van der Waals surface area contributed by atoms with Gasteiger partial charge in [0, 0.05) is 23.2 Å². The van der Waals surface area contributed by atoms with Gasteiger partial charge in [-0.15, -0.1) is 0 Å². The van der Waals surface area contributed by atoms with Gasteiger partial charge in [0.05, 0.1) is 38.4 Å². The van der Waals surface area contributed by atoms with Gasteiger partial charge >= 0.3 is 0 Å². The lowest BCUT2D eigenvalue weighted by Crippen LogP contribution is -2.27. The molecule has 0 unspecified atom stereocenters. The van der Waals surface area contributed by atoms with Gasteiger partial charge in [-0.2, -0.15) is 0 Å². The van der Waals surface area contributed by atoms with Gasteiger partial charge in [0.15, 0.2) is 17.4 Å². The molecule has 2 aliphatic heterocycles. The maximum absolute atomic E-state index is 15.3. The van der Waals surface area contributed by atoms with Gasteiger partial charge < -0.3 is 45.3 Å². The molecular weight excluding hydrogens is 963 g/mol. The summed E-state index contributed by atoms with van der Waals surface area (Å²) in [7, 11) is 0. The number of hydrogen-bond donors (Lipinski definition) is 3. The number of nitrogens with two attached hydrogens (primary N) is 3. The highest BCUT2D eigenvalue weighted by molar-refractivity contribution is 6.34. The summed E-state index contributed by atoms with van der Waals surface area (Å²) in [6.07, 6.45) is 12.2. The van der Waals surface area contributed by atoms with Crippen LogP contribution in [0.15, 0.2) is 96.9 Å². The van der Waals surface area contributed by atoms with E-state index in [1.807, 2.05) is 67.4 Å². The van der Waals surface area contributed by atoms with Gasteiger partial charge in [0.25, 0.3) is 0 Å². The first-order chi connectivity index (χ1) is 33.4. The highest BCUT2D eigenvalue weighted by Crippen LogP contribution is 2.47. The molecule has 8 heterocycles. The number of halogens is 5. The van der Waals surface area contributed by atoms with E-state index in [0.717, 1.165) is 33.2 Å². The van der Waals surface area contributed by atoms with Crippen molar-refractivity contribution >= 4 is 96.1 Å². The van der Waals surface area contributed by atoms with Gasteiger partial charge in [-0.25, -0.2) is 38.7 Å². The van der Waals surface area contributed by atoms with Crippen molar-refractivity contribution in [2.24, 2.45) is 0 Å². The molecule has 20 heteroatoms. The minimum Gasteiger partial charge on any atom is -0.383 e. The third kappa shape index (κ3) is 8.26. The maximum Gasteiger partial charge on any atom is 0.164 e. The SMILES string of the molecule is CC1(C)O[C@@H]2[C@H](O1)C(CCc1cc3nc(N)c(Cl)cc3cc1F)=C[C@H]2n1ccc2c(N)ncnc21.CC1(C)O[C@@H]2[C@H](O1)C(CCc1ccc3cc(Cl)c(N)nc3c1F)=C[C@H]2n1ccc2c(Cl)ncnc21. The van der Waals surface area contributed by atoms with Crippen LogP contribution in [0.1, 0.15) is 63.7 Å². The normalized spacial score (nSPS) is 23.2. The Hall–Kier alpha value is -6.05. The van der Waals surface area contributed by atoms with Gasteiger partial charge in [0.1, 0.15) is 82.3 Å². The molecule has 4 aliphatic rings. The summed E-state index contributed by atoms with van der Waals surface area (Å²) in [5.74, 6) is -1.40. The number of ether oxygens (including phenoxy) is 4. The molecule has 6 aromatic heterocycles. The average molecular weight is 1010 g/mol. The largest absolute Gasteiger partial charge is 0.383 e. The number of anilines is 3. The highest BCUT2D eigenvalue weighted by Gasteiger charge is 2.52. The van der Waals surface area contributed by atoms with Gasteiger partial charge in [-0.1, -0.05) is 59.1 Å². The van der Waals surface area contributed by atoms with Crippen LogP contribution < -0.4 is 17.2 Å². The fourth-order valence-corrected chi connectivity index (χ4v) is 10.7. The Morgan fingerprint density at radius 1 is 0.600 bits per heavy atom. The van der Waals surface area contributed by atoms with Crippen molar-refractivity contribution in [3.63, 3.8) is 0 Å². The quantitative estimate of drug-likeness (QED) is 0.0960. The van der Waals surface area contributed by atoms with Crippen LogP contribution in [-0.2, 0) is 31.8 Å². The molecule has 6 N–H and O–H groups in total. The molecule has 8 aromatic rings. The van der Waals surface area contributed by atoms with E-state index in [-0.39, 0.29) is 65.3 Å². The van der Waals surface area contributed by atoms with Crippen molar-refractivity contribution in [2.45, 2.75) is 101 Å². The third-order valence-electron chi connectivity index (χ3n) is 13.4. The molecule has 360 valence electrons. The van der Waals surface area contributed by atoms with E-state index in [0.29, 0.717) is 74.1 Å². The summed E-state index contributed by atoms with van der Waals surface area (Å²) in [6.45, 7) is 7.60. The Labute approximate surface area is 414 Å². The lowest BCUT2D eigenvalue weighted by atomic mass is 10.0. The second-order valence-corrected chi connectivity index (χ2v) is 20.0. The first-order valence-electron chi connectivity index (χ1n) is 22.7. The molecule has 0 spiro atoms. The molecular formula is C50H46Cl3F2N11O4. The van der Waals surface area contributed by atoms with Crippen LogP contribution in [-0.4, -0.2) is 75.0 Å². The number of aryl methyl sites for hydroxylation is 2. The summed E-state index contributed by atoms with van der Waals surface area (Å²) in [5, 5.41) is 3.80. The third-order valence-corrected chi connectivity index (χ3v) is 14.3. The average Bonchev–Trinajstić information content (AvgIpc) is 4.16. The van der Waals surface area contributed by atoms with Crippen molar-refractivity contribution in [1.82, 2.24) is 39.0 Å². The lowest BCUT2D eigenvalue weighted by Gasteiger charge is -2.22. The van der Waals surface area contributed by atoms with Crippen LogP contribution >= 0.6 is 34.8 Å². The van der Waals surface area contributed by atoms with Crippen molar-refractivity contribution in [3.8, 4) is 0 Å². The minimum atomic E-state index is -0.738. The number of fused-ring (bicyclic) bond motifs is 6. The van der Waals surface area contributed by atoms with E-state index >= 15 is 4.39 Å². The zero-order chi connectivity index (χ0) is 49.0. The molecule has 0 bridgehead atoms. The first kappa shape index (κ1) is 46.3. The molecule has 0 saturated carbocycles. The second-order valence-electron chi connectivity index (χ2n) is 18.8. The Morgan fingerprint density at radius 3 is 1.80 bits per heavy atom. The Morgan fingerprint density at radius 2 is 1.16 bits per heavy atom. The van der Waals surface area contributed by atoms with Crippen LogP contribution in [0.25, 0.3) is 43.9 Å². The summed E-state index contributed by atoms with van der Waals surface area (Å²) in [6, 6.07) is 13.5. The number of rotatable bonds is 8. The van der Waals surface area contributed by atoms with E-state index in [9.17, 15) is 4.39 Å². The number of benzene rings is 2. The molecule has 2 saturated heterocycles. The first-order valence-corrected chi connectivity index (χ1v) is 23.8. The molecule has 0 amide bonds. The monoisotopic (exact) mass is 1010 g/mol. The van der Waals surface area contributed by atoms with Crippen LogP contribution in [0.4, 0.5) is 26.2 Å². The molecule has 70 heavy (non-hydrogen) atoms. The van der Waals surface area contributed by atoms with E-state index in [2.05, 4.69) is 42.1 Å². The van der Waals surface area contributed by atoms with Crippen molar-refractivity contribution in [1.29, 1.82) is 0 Å². The van der Waals surface area contributed by atoms with E-state index < -0.39 is 11.6 Å². The molecule has 12 rings (SSSR count). The van der Waals surface area contributed by atoms with Crippen molar-refractivity contribution in [2.75, 3.05) is 17.2 Å². The number of nitrogens with zero attached hydrogens (tertiary/aromatic N) is 8. The molecule has 2 fully saturated rings. The van der Waals surface area contributed by atoms with Crippen LogP contribution in [0, 0.1) is 11.6 Å². The van der Waals surface area contributed by atoms with Gasteiger partial charge in [-0.3, -0.25) is 0 Å². The van der Waals surface area contributed by atoms with E-state index in [1.165, 1.54) is 18.7 Å². The summed E-state index contributed by atoms with van der Waals surface area (Å²) < 4.78 is 59.4. The fraction of sp³-hybridized carbons (Fsp3) is 0.320. The minimum absolute atomic E-state index is 0.112. The standard InChI is InChI=1S/C25H22Cl2FN5O2.C25H24ClFN6O2/c1-25(2)34-20-14(6-4-12-3-5-13-9-16(26)23(29)32-19(13)18(12)28)10-17(21(20)35-25)33-8-7-15-22(27)30-11-31-24(15)33;1-25(2)34-20-13(4-3-12-9-18-14(8-17(12)27)7-16(26)23(29)32-18)10-19(21(20)35-25)33-6-5-15-22(28)30-11-31-24(15)33/h3,5,7-11,17,20-21H,4,6H2,1-2H3,(H2,29,32);5-11,19-21H,3-4H2,1-2H3,(H2,29,32)(H2,28,30,31)/t17-,20-,21+;19-,20-,21+/m11/s1. The molecule has 0 radical (unpaired) electrons. The zero-order valence-electron chi connectivity index (χ0n) is 38.2. The Kier molecular flexibility index (Phi) is 11.5. The maximum atomic E-state index is 15.3. The summed E-state index contributed by atoms with van der Waals surface area (Å²) >= 11 is 18.3. The van der Waals surface area contributed by atoms with Crippen LogP contribution in [0.3, 0.4) is 0 Å². The van der Waals surface area contributed by atoms with Crippen molar-refractivity contribution in [3.05, 3.63) is 135 Å². The van der Waals surface area contributed by atoms with Gasteiger partial charge in [-0.05, 0) is 112 Å². The zero-order valence-corrected chi connectivity index (χ0v) is 40.5. The lowest BCUT2D eigenvalue weighted by molar-refractivity contribution is -0.148. The predicted molar refractivity (Wildman–Crippen MR) is 265 cm³/mol.